The lowest BCUT2D eigenvalue weighted by molar-refractivity contribution is 0.0677. The van der Waals surface area contributed by atoms with E-state index in [1.165, 1.54) is 0 Å². The highest BCUT2D eigenvalue weighted by atomic mass is 35.5. The predicted octanol–water partition coefficient (Wildman–Crippen LogP) is 2.56. The minimum atomic E-state index is -0.213. The van der Waals surface area contributed by atoms with Crippen molar-refractivity contribution in [3.8, 4) is 0 Å². The van der Waals surface area contributed by atoms with E-state index in [1.54, 1.807) is 12.0 Å². The number of carbonyl (C=O) groups is 1. The Balaban J connectivity index is 2.11. The number of fused-ring (bicyclic) bond motifs is 1. The fourth-order valence-corrected chi connectivity index (χ4v) is 3.02. The van der Waals surface area contributed by atoms with Crippen LogP contribution in [0.15, 0.2) is 24.3 Å². The summed E-state index contributed by atoms with van der Waals surface area (Å²) in [5, 5.41) is 7.68. The number of nitrogens with zero attached hydrogens (tertiary/aromatic N) is 2. The Kier molecular flexibility index (Phi) is 3.69. The van der Waals surface area contributed by atoms with Crippen molar-refractivity contribution in [2.75, 3.05) is 20.3 Å². The number of ether oxygens (including phenoxy) is 1. The lowest BCUT2D eigenvalue weighted by atomic mass is 9.99. The number of methoxy groups -OCH3 is 1. The third-order valence-corrected chi connectivity index (χ3v) is 4.12. The van der Waals surface area contributed by atoms with Gasteiger partial charge in [-0.3, -0.25) is 9.89 Å². The summed E-state index contributed by atoms with van der Waals surface area (Å²) in [4.78, 5) is 14.3. The van der Waals surface area contributed by atoms with Gasteiger partial charge in [-0.2, -0.15) is 5.10 Å². The van der Waals surface area contributed by atoms with Gasteiger partial charge in [0.1, 0.15) is 0 Å². The van der Waals surface area contributed by atoms with E-state index in [0.717, 1.165) is 16.8 Å². The third-order valence-electron chi connectivity index (χ3n) is 3.78. The van der Waals surface area contributed by atoms with Gasteiger partial charge in [0, 0.05) is 29.9 Å². The van der Waals surface area contributed by atoms with Crippen LogP contribution < -0.4 is 0 Å². The fraction of sp³-hybridized carbons (Fsp3) is 0.333. The number of hydrogen-bond donors (Lipinski definition) is 1. The van der Waals surface area contributed by atoms with Gasteiger partial charge in [0.25, 0.3) is 5.91 Å². The second-order valence-electron chi connectivity index (χ2n) is 5.03. The quantitative estimate of drug-likeness (QED) is 0.944. The van der Waals surface area contributed by atoms with Crippen molar-refractivity contribution < 1.29 is 9.53 Å². The third kappa shape index (κ3) is 2.22. The first-order valence-corrected chi connectivity index (χ1v) is 7.12. The van der Waals surface area contributed by atoms with Gasteiger partial charge in [0.05, 0.1) is 12.6 Å². The molecule has 110 valence electrons. The van der Waals surface area contributed by atoms with Crippen LogP contribution in [0, 0.1) is 6.92 Å². The topological polar surface area (TPSA) is 58.2 Å². The molecule has 21 heavy (non-hydrogen) atoms. The number of halogens is 1. The molecule has 5 nitrogen and oxygen atoms in total. The van der Waals surface area contributed by atoms with Crippen LogP contribution in [-0.4, -0.2) is 41.3 Å². The van der Waals surface area contributed by atoms with Gasteiger partial charge in [-0.15, -0.1) is 0 Å². The Morgan fingerprint density at radius 3 is 2.90 bits per heavy atom. The Morgan fingerprint density at radius 1 is 1.43 bits per heavy atom. The van der Waals surface area contributed by atoms with Crippen LogP contribution >= 0.6 is 11.6 Å². The number of aromatic nitrogens is 2. The summed E-state index contributed by atoms with van der Waals surface area (Å²) in [7, 11) is 1.62. The number of aromatic amines is 1. The number of nitrogens with one attached hydrogen (secondary N) is 1. The zero-order valence-electron chi connectivity index (χ0n) is 11.9. The lowest BCUT2D eigenvalue weighted by Gasteiger charge is -2.26. The minimum Gasteiger partial charge on any atom is -0.383 e. The molecule has 0 aliphatic carbocycles. The maximum Gasteiger partial charge on any atom is 0.275 e. The molecular weight excluding hydrogens is 290 g/mol. The highest BCUT2D eigenvalue weighted by Crippen LogP contribution is 2.41. The van der Waals surface area contributed by atoms with Crippen molar-refractivity contribution in [1.29, 1.82) is 0 Å². The molecule has 0 spiro atoms. The first-order valence-electron chi connectivity index (χ1n) is 6.74. The van der Waals surface area contributed by atoms with Gasteiger partial charge in [0.15, 0.2) is 5.69 Å². The van der Waals surface area contributed by atoms with Crippen molar-refractivity contribution in [1.82, 2.24) is 15.1 Å². The van der Waals surface area contributed by atoms with E-state index in [4.69, 9.17) is 16.3 Å². The smallest absolute Gasteiger partial charge is 0.275 e. The molecule has 1 aliphatic rings. The summed E-state index contributed by atoms with van der Waals surface area (Å²) in [6, 6.07) is 7.37. The van der Waals surface area contributed by atoms with E-state index >= 15 is 0 Å². The minimum absolute atomic E-state index is 0.0867. The summed E-state index contributed by atoms with van der Waals surface area (Å²) < 4.78 is 5.12. The molecule has 0 saturated heterocycles. The average molecular weight is 306 g/mol. The van der Waals surface area contributed by atoms with Crippen molar-refractivity contribution in [2.45, 2.75) is 13.0 Å². The highest BCUT2D eigenvalue weighted by Gasteiger charge is 2.41. The molecule has 1 aliphatic heterocycles. The summed E-state index contributed by atoms with van der Waals surface area (Å²) in [6.45, 7) is 2.89. The second-order valence-corrected chi connectivity index (χ2v) is 5.43. The Bertz CT molecular complexity index is 683. The van der Waals surface area contributed by atoms with Crippen LogP contribution in [0.4, 0.5) is 0 Å². The predicted molar refractivity (Wildman–Crippen MR) is 79.5 cm³/mol. The molecule has 0 bridgehead atoms. The van der Waals surface area contributed by atoms with Crippen molar-refractivity contribution in [3.63, 3.8) is 0 Å². The summed E-state index contributed by atoms with van der Waals surface area (Å²) in [6.07, 6.45) is 0. The number of carbonyl (C=O) groups excluding carboxylic acids is 1. The molecule has 1 aromatic carbocycles. The molecule has 1 atom stereocenters. The number of amides is 1. The number of hydrogen-bond acceptors (Lipinski definition) is 3. The molecule has 1 N–H and O–H groups in total. The van der Waals surface area contributed by atoms with Crippen LogP contribution in [0.25, 0.3) is 0 Å². The first kappa shape index (κ1) is 14.1. The fourth-order valence-electron chi connectivity index (χ4n) is 2.79. The van der Waals surface area contributed by atoms with E-state index in [9.17, 15) is 4.79 Å². The van der Waals surface area contributed by atoms with Crippen molar-refractivity contribution in [2.24, 2.45) is 0 Å². The Labute approximate surface area is 127 Å². The van der Waals surface area contributed by atoms with E-state index < -0.39 is 0 Å². The average Bonchev–Trinajstić information content (AvgIpc) is 2.97. The van der Waals surface area contributed by atoms with Gasteiger partial charge in [0.2, 0.25) is 0 Å². The Hall–Kier alpha value is -1.85. The van der Waals surface area contributed by atoms with Crippen molar-refractivity contribution in [3.05, 3.63) is 51.8 Å². The van der Waals surface area contributed by atoms with Crippen LogP contribution in [0.3, 0.4) is 0 Å². The molecule has 0 radical (unpaired) electrons. The maximum absolute atomic E-state index is 12.6. The largest absolute Gasteiger partial charge is 0.383 e. The molecule has 0 unspecified atom stereocenters. The van der Waals surface area contributed by atoms with E-state index in [2.05, 4.69) is 10.2 Å². The second kappa shape index (κ2) is 5.50. The number of H-pyrrole nitrogens is 1. The van der Waals surface area contributed by atoms with Crippen molar-refractivity contribution >= 4 is 17.5 Å². The highest BCUT2D eigenvalue weighted by molar-refractivity contribution is 6.31. The molecule has 1 amide bonds. The monoisotopic (exact) mass is 305 g/mol. The van der Waals surface area contributed by atoms with Crippen LogP contribution in [-0.2, 0) is 4.74 Å². The number of aryl methyl sites for hydroxylation is 1. The van der Waals surface area contributed by atoms with Gasteiger partial charge in [-0.25, -0.2) is 0 Å². The van der Waals surface area contributed by atoms with Crippen LogP contribution in [0.1, 0.15) is 33.4 Å². The molecule has 1 aromatic heterocycles. The standard InChI is InChI=1S/C15H16ClN3O2/c1-9-12-13(18-17-9)15(20)19(7-8-21-2)14(12)10-5-3-4-6-11(10)16/h3-6,14H,7-8H2,1-2H3,(H,17,18)/t14-/m0/s1. The number of benzene rings is 1. The van der Waals surface area contributed by atoms with Crippen LogP contribution in [0.2, 0.25) is 5.02 Å². The lowest BCUT2D eigenvalue weighted by Crippen LogP contribution is -2.32. The zero-order chi connectivity index (χ0) is 15.0. The van der Waals surface area contributed by atoms with E-state index in [0.29, 0.717) is 23.9 Å². The van der Waals surface area contributed by atoms with Gasteiger partial charge in [-0.1, -0.05) is 29.8 Å². The summed E-state index contributed by atoms with van der Waals surface area (Å²) >= 11 is 6.34. The SMILES string of the molecule is COCCN1C(=O)c2n[nH]c(C)c2[C@@H]1c1ccccc1Cl. The molecular formula is C15H16ClN3O2. The normalized spacial score (nSPS) is 17.4. The summed E-state index contributed by atoms with van der Waals surface area (Å²) in [5.41, 5.74) is 3.19. The molecule has 2 heterocycles. The molecule has 0 fully saturated rings. The molecule has 2 aromatic rings. The Morgan fingerprint density at radius 2 is 2.19 bits per heavy atom. The van der Waals surface area contributed by atoms with Gasteiger partial charge < -0.3 is 9.64 Å². The molecule has 6 heteroatoms. The summed E-state index contributed by atoms with van der Waals surface area (Å²) in [5.74, 6) is -0.0867. The molecule has 0 saturated carbocycles. The van der Waals surface area contributed by atoms with E-state index in [-0.39, 0.29) is 11.9 Å². The van der Waals surface area contributed by atoms with Gasteiger partial charge >= 0.3 is 0 Å². The van der Waals surface area contributed by atoms with E-state index in [1.807, 2.05) is 31.2 Å². The van der Waals surface area contributed by atoms with Crippen LogP contribution in [0.5, 0.6) is 0 Å². The van der Waals surface area contributed by atoms with Gasteiger partial charge in [-0.05, 0) is 18.6 Å². The molecule has 3 rings (SSSR count). The number of rotatable bonds is 4. The first-order chi connectivity index (χ1) is 10.1. The maximum atomic E-state index is 12.6. The zero-order valence-corrected chi connectivity index (χ0v) is 12.6.